The number of anilines is 1. The van der Waals surface area contributed by atoms with Gasteiger partial charge >= 0.3 is 0 Å². The second-order valence-corrected chi connectivity index (χ2v) is 4.75. The van der Waals surface area contributed by atoms with Crippen LogP contribution in [0.1, 0.15) is 12.5 Å². The molecular weight excluding hydrogens is 219 g/mol. The number of aliphatic hydroxyl groups is 1. The average Bonchev–Trinajstić information content (AvgIpc) is 2.30. The summed E-state index contributed by atoms with van der Waals surface area (Å²) in [6.07, 6.45) is 0. The SMILES string of the molecule is CC1CN(C)CCN1c1ccc(CO)cc1F. The molecule has 4 heteroatoms. The molecular formula is C13H19FN2O. The van der Waals surface area contributed by atoms with Crippen LogP contribution in [0.5, 0.6) is 0 Å². The van der Waals surface area contributed by atoms with E-state index in [-0.39, 0.29) is 12.4 Å². The van der Waals surface area contributed by atoms with Gasteiger partial charge in [-0.2, -0.15) is 0 Å². The topological polar surface area (TPSA) is 26.7 Å². The Bertz CT molecular complexity index is 397. The molecule has 0 spiro atoms. The minimum absolute atomic E-state index is 0.116. The Balaban J connectivity index is 2.22. The van der Waals surface area contributed by atoms with Crippen LogP contribution < -0.4 is 4.90 Å². The van der Waals surface area contributed by atoms with Crippen LogP contribution in [-0.4, -0.2) is 42.7 Å². The van der Waals surface area contributed by atoms with Gasteiger partial charge in [0.25, 0.3) is 0 Å². The van der Waals surface area contributed by atoms with Crippen molar-refractivity contribution >= 4 is 5.69 Å². The third kappa shape index (κ3) is 2.58. The van der Waals surface area contributed by atoms with Gasteiger partial charge in [-0.25, -0.2) is 4.39 Å². The van der Waals surface area contributed by atoms with Gasteiger partial charge in [-0.3, -0.25) is 0 Å². The van der Waals surface area contributed by atoms with Crippen LogP contribution in [0.15, 0.2) is 18.2 Å². The minimum Gasteiger partial charge on any atom is -0.392 e. The zero-order chi connectivity index (χ0) is 12.4. The molecule has 0 aromatic heterocycles. The third-order valence-corrected chi connectivity index (χ3v) is 3.33. The Morgan fingerprint density at radius 3 is 2.76 bits per heavy atom. The fraction of sp³-hybridized carbons (Fsp3) is 0.538. The molecule has 1 saturated heterocycles. The molecule has 17 heavy (non-hydrogen) atoms. The zero-order valence-electron chi connectivity index (χ0n) is 10.4. The second kappa shape index (κ2) is 5.02. The summed E-state index contributed by atoms with van der Waals surface area (Å²) < 4.78 is 13.9. The molecule has 2 rings (SSSR count). The lowest BCUT2D eigenvalue weighted by molar-refractivity contribution is 0.273. The fourth-order valence-electron chi connectivity index (χ4n) is 2.38. The summed E-state index contributed by atoms with van der Waals surface area (Å²) in [5, 5.41) is 8.96. The smallest absolute Gasteiger partial charge is 0.146 e. The summed E-state index contributed by atoms with van der Waals surface area (Å²) >= 11 is 0. The number of rotatable bonds is 2. The van der Waals surface area contributed by atoms with Crippen molar-refractivity contribution in [3.63, 3.8) is 0 Å². The molecule has 1 heterocycles. The molecule has 3 nitrogen and oxygen atoms in total. The number of piperazine rings is 1. The Morgan fingerprint density at radius 2 is 2.18 bits per heavy atom. The summed E-state index contributed by atoms with van der Waals surface area (Å²) in [7, 11) is 2.08. The van der Waals surface area contributed by atoms with Gasteiger partial charge in [-0.05, 0) is 31.7 Å². The Kier molecular flexibility index (Phi) is 3.64. The normalized spacial score (nSPS) is 21.9. The van der Waals surface area contributed by atoms with Gasteiger partial charge in [0, 0.05) is 25.7 Å². The first kappa shape index (κ1) is 12.3. The van der Waals surface area contributed by atoms with Gasteiger partial charge in [-0.1, -0.05) is 6.07 Å². The predicted octanol–water partition coefficient (Wildman–Crippen LogP) is 1.46. The van der Waals surface area contributed by atoms with Crippen molar-refractivity contribution in [2.45, 2.75) is 19.6 Å². The average molecular weight is 238 g/mol. The van der Waals surface area contributed by atoms with E-state index in [1.807, 2.05) is 0 Å². The van der Waals surface area contributed by atoms with E-state index < -0.39 is 0 Å². The van der Waals surface area contributed by atoms with E-state index in [0.717, 1.165) is 19.6 Å². The van der Waals surface area contributed by atoms with E-state index in [2.05, 4.69) is 23.8 Å². The highest BCUT2D eigenvalue weighted by molar-refractivity contribution is 5.50. The molecule has 0 bridgehead atoms. The van der Waals surface area contributed by atoms with Crippen molar-refractivity contribution in [2.75, 3.05) is 31.6 Å². The molecule has 0 aliphatic carbocycles. The molecule has 1 aliphatic rings. The number of likely N-dealkylation sites (N-methyl/N-ethyl adjacent to an activating group) is 1. The number of nitrogens with zero attached hydrogens (tertiary/aromatic N) is 2. The molecule has 0 saturated carbocycles. The lowest BCUT2D eigenvalue weighted by atomic mass is 10.1. The summed E-state index contributed by atoms with van der Waals surface area (Å²) in [5.74, 6) is -0.243. The monoisotopic (exact) mass is 238 g/mol. The summed E-state index contributed by atoms with van der Waals surface area (Å²) in [6, 6.07) is 5.27. The molecule has 94 valence electrons. The Labute approximate surface area is 101 Å². The van der Waals surface area contributed by atoms with E-state index in [0.29, 0.717) is 17.3 Å². The molecule has 0 radical (unpaired) electrons. The highest BCUT2D eigenvalue weighted by atomic mass is 19.1. The van der Waals surface area contributed by atoms with Crippen LogP contribution in [0, 0.1) is 5.82 Å². The van der Waals surface area contributed by atoms with Crippen LogP contribution in [-0.2, 0) is 6.61 Å². The summed E-state index contributed by atoms with van der Waals surface area (Å²) in [4.78, 5) is 4.34. The zero-order valence-corrected chi connectivity index (χ0v) is 10.4. The first-order chi connectivity index (χ1) is 8.11. The van der Waals surface area contributed by atoms with Crippen LogP contribution in [0.2, 0.25) is 0 Å². The number of aliphatic hydroxyl groups excluding tert-OH is 1. The maximum absolute atomic E-state index is 13.9. The van der Waals surface area contributed by atoms with E-state index in [1.165, 1.54) is 6.07 Å². The standard InChI is InChI=1S/C13H19FN2O/c1-10-8-15(2)5-6-16(10)13-4-3-11(9-17)7-12(13)14/h3-4,7,10,17H,5-6,8-9H2,1-2H3. The third-order valence-electron chi connectivity index (χ3n) is 3.33. The Hall–Kier alpha value is -1.13. The molecule has 1 atom stereocenters. The molecule has 1 N–H and O–H groups in total. The van der Waals surface area contributed by atoms with Crippen molar-refractivity contribution in [3.05, 3.63) is 29.6 Å². The van der Waals surface area contributed by atoms with Crippen molar-refractivity contribution in [3.8, 4) is 0 Å². The van der Waals surface area contributed by atoms with Crippen molar-refractivity contribution < 1.29 is 9.50 Å². The van der Waals surface area contributed by atoms with E-state index >= 15 is 0 Å². The molecule has 0 amide bonds. The van der Waals surface area contributed by atoms with Gasteiger partial charge < -0.3 is 14.9 Å². The van der Waals surface area contributed by atoms with Gasteiger partial charge in [0.2, 0.25) is 0 Å². The number of benzene rings is 1. The number of hydrogen-bond donors (Lipinski definition) is 1. The number of hydrogen-bond acceptors (Lipinski definition) is 3. The molecule has 1 aromatic carbocycles. The molecule has 1 unspecified atom stereocenters. The van der Waals surface area contributed by atoms with Gasteiger partial charge in [0.05, 0.1) is 12.3 Å². The lowest BCUT2D eigenvalue weighted by Gasteiger charge is -2.40. The quantitative estimate of drug-likeness (QED) is 0.845. The number of halogens is 1. The highest BCUT2D eigenvalue weighted by Crippen LogP contribution is 2.24. The highest BCUT2D eigenvalue weighted by Gasteiger charge is 2.23. The summed E-state index contributed by atoms with van der Waals surface area (Å²) in [6.45, 7) is 4.73. The van der Waals surface area contributed by atoms with Crippen LogP contribution in [0.25, 0.3) is 0 Å². The van der Waals surface area contributed by atoms with E-state index in [1.54, 1.807) is 12.1 Å². The fourth-order valence-corrected chi connectivity index (χ4v) is 2.38. The van der Waals surface area contributed by atoms with Crippen LogP contribution in [0.3, 0.4) is 0 Å². The van der Waals surface area contributed by atoms with Crippen molar-refractivity contribution in [1.29, 1.82) is 0 Å². The molecule has 1 fully saturated rings. The second-order valence-electron chi connectivity index (χ2n) is 4.75. The van der Waals surface area contributed by atoms with Crippen LogP contribution >= 0.6 is 0 Å². The van der Waals surface area contributed by atoms with Gasteiger partial charge in [-0.15, -0.1) is 0 Å². The Morgan fingerprint density at radius 1 is 1.41 bits per heavy atom. The maximum Gasteiger partial charge on any atom is 0.146 e. The van der Waals surface area contributed by atoms with Crippen LogP contribution in [0.4, 0.5) is 10.1 Å². The van der Waals surface area contributed by atoms with E-state index in [4.69, 9.17) is 5.11 Å². The maximum atomic E-state index is 13.9. The van der Waals surface area contributed by atoms with E-state index in [9.17, 15) is 4.39 Å². The van der Waals surface area contributed by atoms with Crippen molar-refractivity contribution in [2.24, 2.45) is 0 Å². The lowest BCUT2D eigenvalue weighted by Crippen LogP contribution is -2.50. The predicted molar refractivity (Wildman–Crippen MR) is 66.6 cm³/mol. The first-order valence-electron chi connectivity index (χ1n) is 5.96. The van der Waals surface area contributed by atoms with Gasteiger partial charge in [0.1, 0.15) is 5.82 Å². The summed E-state index contributed by atoms with van der Waals surface area (Å²) in [5.41, 5.74) is 1.26. The molecule has 1 aromatic rings. The molecule has 1 aliphatic heterocycles. The minimum atomic E-state index is -0.243. The largest absolute Gasteiger partial charge is 0.392 e. The van der Waals surface area contributed by atoms with Crippen molar-refractivity contribution in [1.82, 2.24) is 4.90 Å². The first-order valence-corrected chi connectivity index (χ1v) is 5.96. The van der Waals surface area contributed by atoms with Gasteiger partial charge in [0.15, 0.2) is 0 Å².